The number of aromatic nitrogens is 2. The molecule has 0 N–H and O–H groups in total. The van der Waals surface area contributed by atoms with Crippen molar-refractivity contribution in [1.29, 1.82) is 0 Å². The highest BCUT2D eigenvalue weighted by molar-refractivity contribution is 14.1. The van der Waals surface area contributed by atoms with E-state index in [2.05, 4.69) is 9.97 Å². The van der Waals surface area contributed by atoms with Gasteiger partial charge in [0.25, 0.3) is 5.91 Å². The van der Waals surface area contributed by atoms with E-state index in [0.29, 0.717) is 11.4 Å². The first kappa shape index (κ1) is 13.4. The molecule has 0 aliphatic carbocycles. The maximum atomic E-state index is 12.6. The van der Waals surface area contributed by atoms with Crippen molar-refractivity contribution in [2.45, 2.75) is 6.92 Å². The molecule has 0 atom stereocenters. The average Bonchev–Trinajstić information content (AvgIpc) is 2.94. The van der Waals surface area contributed by atoms with E-state index >= 15 is 0 Å². The molecule has 100 valence electrons. The highest BCUT2D eigenvalue weighted by Crippen LogP contribution is 2.31. The molecule has 3 aromatic rings. The lowest BCUT2D eigenvalue weighted by Crippen LogP contribution is -2.22. The minimum Gasteiger partial charge on any atom is -0.268 e. The maximum Gasteiger partial charge on any atom is 0.268 e. The monoisotopic (exact) mass is 395 g/mol. The van der Waals surface area contributed by atoms with Crippen LogP contribution in [-0.2, 0) is 0 Å². The van der Waals surface area contributed by atoms with Crippen molar-refractivity contribution in [2.75, 3.05) is 3.11 Å². The number of fused-ring (bicyclic) bond motifs is 1. The van der Waals surface area contributed by atoms with Gasteiger partial charge in [-0.3, -0.25) is 4.79 Å². The molecule has 2 heterocycles. The molecule has 0 radical (unpaired) electrons. The van der Waals surface area contributed by atoms with Gasteiger partial charge >= 0.3 is 0 Å². The Kier molecular flexibility index (Phi) is 3.66. The number of hydrogen-bond acceptors (Lipinski definition) is 4. The Morgan fingerprint density at radius 2 is 2.05 bits per heavy atom. The first-order valence-electron chi connectivity index (χ1n) is 5.92. The molecule has 3 rings (SSSR count). The molecule has 2 aromatic heterocycles. The van der Waals surface area contributed by atoms with E-state index < -0.39 is 0 Å². The van der Waals surface area contributed by atoms with Gasteiger partial charge in [0.2, 0.25) is 0 Å². The number of thiophene rings is 1. The number of aryl methyl sites for hydroxylation is 1. The minimum atomic E-state index is -0.0721. The van der Waals surface area contributed by atoms with Crippen molar-refractivity contribution in [1.82, 2.24) is 9.97 Å². The van der Waals surface area contributed by atoms with Gasteiger partial charge in [-0.2, -0.15) is 0 Å². The average molecular weight is 395 g/mol. The second-order valence-corrected chi connectivity index (χ2v) is 6.11. The summed E-state index contributed by atoms with van der Waals surface area (Å²) in [5.74, 6) is 0.566. The van der Waals surface area contributed by atoms with E-state index in [1.54, 1.807) is 3.11 Å². The molecule has 6 heteroatoms. The fourth-order valence-electron chi connectivity index (χ4n) is 1.93. The van der Waals surface area contributed by atoms with Gasteiger partial charge in [-0.15, -0.1) is 11.3 Å². The zero-order chi connectivity index (χ0) is 14.1. The van der Waals surface area contributed by atoms with Crippen LogP contribution in [0.2, 0.25) is 0 Å². The van der Waals surface area contributed by atoms with Gasteiger partial charge in [0.15, 0.2) is 5.82 Å². The normalized spacial score (nSPS) is 10.7. The summed E-state index contributed by atoms with van der Waals surface area (Å²) in [6, 6.07) is 9.47. The number of anilines is 1. The quantitative estimate of drug-likeness (QED) is 0.487. The zero-order valence-electron chi connectivity index (χ0n) is 10.6. The van der Waals surface area contributed by atoms with Gasteiger partial charge < -0.3 is 0 Å². The zero-order valence-corrected chi connectivity index (χ0v) is 13.6. The molecule has 0 saturated heterocycles. The van der Waals surface area contributed by atoms with E-state index in [1.165, 1.54) is 17.7 Å². The standard InChI is InChI=1S/C14H10IN3OS/c1-9-4-2-3-5-10(9)14(19)18(15)13-12-11(6-7-20-12)16-8-17-13/h2-8H,1H3. The summed E-state index contributed by atoms with van der Waals surface area (Å²) in [7, 11) is 0. The summed E-state index contributed by atoms with van der Waals surface area (Å²) < 4.78 is 2.48. The van der Waals surface area contributed by atoms with Gasteiger partial charge in [0.05, 0.1) is 33.1 Å². The first-order chi connectivity index (χ1) is 9.68. The highest BCUT2D eigenvalue weighted by Gasteiger charge is 2.20. The van der Waals surface area contributed by atoms with Crippen LogP contribution in [0.15, 0.2) is 42.0 Å². The Balaban J connectivity index is 2.05. The van der Waals surface area contributed by atoms with Crippen LogP contribution in [0.1, 0.15) is 15.9 Å². The Bertz CT molecular complexity index is 787. The van der Waals surface area contributed by atoms with Crippen molar-refractivity contribution in [3.05, 3.63) is 53.2 Å². The van der Waals surface area contributed by atoms with Crippen LogP contribution in [0.25, 0.3) is 10.2 Å². The molecule has 1 aromatic carbocycles. The third-order valence-corrected chi connectivity index (χ3v) is 4.76. The van der Waals surface area contributed by atoms with E-state index in [9.17, 15) is 4.79 Å². The SMILES string of the molecule is Cc1ccccc1C(=O)N(I)c1ncnc2ccsc12. The lowest BCUT2D eigenvalue weighted by Gasteiger charge is -2.15. The fourth-order valence-corrected chi connectivity index (χ4v) is 3.54. The van der Waals surface area contributed by atoms with E-state index in [-0.39, 0.29) is 5.91 Å². The smallest absolute Gasteiger partial charge is 0.268 e. The molecule has 0 bridgehead atoms. The highest BCUT2D eigenvalue weighted by atomic mass is 127. The molecule has 0 aliphatic rings. The van der Waals surface area contributed by atoms with E-state index in [1.807, 2.05) is 65.5 Å². The molecule has 20 heavy (non-hydrogen) atoms. The predicted octanol–water partition coefficient (Wildman–Crippen LogP) is 4.00. The largest absolute Gasteiger partial charge is 0.268 e. The van der Waals surface area contributed by atoms with Crippen LogP contribution in [0.3, 0.4) is 0 Å². The lowest BCUT2D eigenvalue weighted by molar-refractivity contribution is 0.101. The van der Waals surface area contributed by atoms with Crippen LogP contribution < -0.4 is 3.11 Å². The summed E-state index contributed by atoms with van der Waals surface area (Å²) in [5.41, 5.74) is 2.50. The first-order valence-corrected chi connectivity index (χ1v) is 7.77. The summed E-state index contributed by atoms with van der Waals surface area (Å²) in [5, 5.41) is 1.95. The number of hydrogen-bond donors (Lipinski definition) is 0. The fraction of sp³-hybridized carbons (Fsp3) is 0.0714. The van der Waals surface area contributed by atoms with Gasteiger partial charge in [0.1, 0.15) is 6.33 Å². The van der Waals surface area contributed by atoms with E-state index in [4.69, 9.17) is 0 Å². The van der Waals surface area contributed by atoms with Gasteiger partial charge in [-0.05, 0) is 30.0 Å². The molecule has 0 aliphatic heterocycles. The summed E-state index contributed by atoms with van der Waals surface area (Å²) in [6.07, 6.45) is 1.49. The van der Waals surface area contributed by atoms with E-state index in [0.717, 1.165) is 15.8 Å². The van der Waals surface area contributed by atoms with Crippen LogP contribution >= 0.6 is 34.2 Å². The van der Waals surface area contributed by atoms with Crippen molar-refractivity contribution in [3.63, 3.8) is 0 Å². The third-order valence-electron chi connectivity index (χ3n) is 2.96. The summed E-state index contributed by atoms with van der Waals surface area (Å²) in [4.78, 5) is 21.0. The van der Waals surface area contributed by atoms with Gasteiger partial charge in [-0.25, -0.2) is 13.1 Å². The maximum absolute atomic E-state index is 12.6. The second kappa shape index (κ2) is 5.45. The molecule has 4 nitrogen and oxygen atoms in total. The van der Waals surface area contributed by atoms with Crippen molar-refractivity contribution in [2.24, 2.45) is 0 Å². The molecule has 0 saturated carbocycles. The molecule has 1 amide bonds. The number of carbonyl (C=O) groups is 1. The summed E-state index contributed by atoms with van der Waals surface area (Å²) >= 11 is 3.53. The number of rotatable bonds is 2. The number of nitrogens with zero attached hydrogens (tertiary/aromatic N) is 3. The van der Waals surface area contributed by atoms with Crippen LogP contribution in [-0.4, -0.2) is 15.9 Å². The predicted molar refractivity (Wildman–Crippen MR) is 89.4 cm³/mol. The third kappa shape index (κ3) is 2.29. The van der Waals surface area contributed by atoms with Crippen LogP contribution in [0.4, 0.5) is 5.82 Å². The molecule has 0 unspecified atom stereocenters. The van der Waals surface area contributed by atoms with Crippen molar-refractivity contribution in [3.8, 4) is 0 Å². The molecule has 0 spiro atoms. The Labute approximate surface area is 134 Å². The van der Waals surface area contributed by atoms with Gasteiger partial charge in [-0.1, -0.05) is 18.2 Å². The minimum absolute atomic E-state index is 0.0721. The molecular weight excluding hydrogens is 385 g/mol. The Morgan fingerprint density at radius 1 is 1.25 bits per heavy atom. The Morgan fingerprint density at radius 3 is 2.85 bits per heavy atom. The van der Waals surface area contributed by atoms with Crippen molar-refractivity contribution >= 4 is 56.1 Å². The molecular formula is C14H10IN3OS. The second-order valence-electron chi connectivity index (χ2n) is 4.23. The lowest BCUT2D eigenvalue weighted by atomic mass is 10.1. The number of benzene rings is 1. The Hall–Kier alpha value is -1.54. The number of carbonyl (C=O) groups excluding carboxylic acids is 1. The number of halogens is 1. The molecule has 0 fully saturated rings. The van der Waals surface area contributed by atoms with Gasteiger partial charge in [0, 0.05) is 5.56 Å². The number of amides is 1. The van der Waals surface area contributed by atoms with Crippen LogP contribution in [0.5, 0.6) is 0 Å². The van der Waals surface area contributed by atoms with Crippen LogP contribution in [0, 0.1) is 6.92 Å². The van der Waals surface area contributed by atoms with Crippen molar-refractivity contribution < 1.29 is 4.79 Å². The summed E-state index contributed by atoms with van der Waals surface area (Å²) in [6.45, 7) is 1.93. The topological polar surface area (TPSA) is 46.1 Å².